The molecule has 0 aliphatic carbocycles. The molecule has 0 heterocycles. The first kappa shape index (κ1) is 18.1. The second-order valence-electron chi connectivity index (χ2n) is 6.07. The number of hydrogen-bond acceptors (Lipinski definition) is 4. The molecule has 0 saturated carbocycles. The van der Waals surface area contributed by atoms with Crippen LogP contribution in [-0.4, -0.2) is 31.1 Å². The number of benzene rings is 1. The van der Waals surface area contributed by atoms with Crippen molar-refractivity contribution in [2.24, 2.45) is 0 Å². The number of rotatable bonds is 7. The third-order valence-electron chi connectivity index (χ3n) is 3.36. The molecule has 1 atom stereocenters. The van der Waals surface area contributed by atoms with E-state index in [2.05, 4.69) is 62.0 Å². The summed E-state index contributed by atoms with van der Waals surface area (Å²) in [6, 6.07) is 9.04. The highest BCUT2D eigenvalue weighted by atomic mass is 32.2. The molecular formula is C17H27NO2S. The van der Waals surface area contributed by atoms with Gasteiger partial charge in [0.2, 0.25) is 0 Å². The summed E-state index contributed by atoms with van der Waals surface area (Å²) in [6.45, 7) is 9.66. The van der Waals surface area contributed by atoms with Gasteiger partial charge >= 0.3 is 5.97 Å². The summed E-state index contributed by atoms with van der Waals surface area (Å²) in [5.41, 5.74) is 2.78. The first-order chi connectivity index (χ1) is 9.88. The van der Waals surface area contributed by atoms with Gasteiger partial charge in [-0.05, 0) is 23.1 Å². The van der Waals surface area contributed by atoms with Crippen LogP contribution in [0, 0.1) is 0 Å². The predicted molar refractivity (Wildman–Crippen MR) is 90.9 cm³/mol. The fraction of sp³-hybridized carbons (Fsp3) is 0.588. The lowest BCUT2D eigenvalue weighted by molar-refractivity contribution is -0.137. The summed E-state index contributed by atoms with van der Waals surface area (Å²) in [5, 5.41) is 3.48. The average Bonchev–Trinajstić information content (AvgIpc) is 2.45. The van der Waals surface area contributed by atoms with Gasteiger partial charge in [0.15, 0.2) is 0 Å². The van der Waals surface area contributed by atoms with Gasteiger partial charge in [-0.15, -0.1) is 11.8 Å². The number of thioether (sulfide) groups is 1. The minimum absolute atomic E-state index is 0.168. The van der Waals surface area contributed by atoms with Crippen molar-refractivity contribution in [1.29, 1.82) is 0 Å². The molecule has 1 aromatic carbocycles. The number of ether oxygens (including phenoxy) is 1. The van der Waals surface area contributed by atoms with E-state index in [1.807, 2.05) is 0 Å². The first-order valence-corrected chi connectivity index (χ1v) is 8.52. The van der Waals surface area contributed by atoms with Crippen molar-refractivity contribution < 1.29 is 9.53 Å². The normalized spacial score (nSPS) is 13.0. The van der Waals surface area contributed by atoms with Crippen LogP contribution in [0.2, 0.25) is 0 Å². The Morgan fingerprint density at radius 2 is 1.90 bits per heavy atom. The van der Waals surface area contributed by atoms with E-state index in [0.29, 0.717) is 5.75 Å². The third kappa shape index (κ3) is 6.10. The van der Waals surface area contributed by atoms with Gasteiger partial charge in [-0.25, -0.2) is 0 Å². The molecule has 1 unspecified atom stereocenters. The van der Waals surface area contributed by atoms with E-state index in [4.69, 9.17) is 0 Å². The van der Waals surface area contributed by atoms with E-state index in [9.17, 15) is 4.79 Å². The van der Waals surface area contributed by atoms with Gasteiger partial charge < -0.3 is 10.1 Å². The molecular weight excluding hydrogens is 282 g/mol. The van der Waals surface area contributed by atoms with Gasteiger partial charge in [0.25, 0.3) is 0 Å². The predicted octanol–water partition coefficient (Wildman–Crippen LogP) is 3.54. The van der Waals surface area contributed by atoms with Gasteiger partial charge in [-0.1, -0.05) is 52.0 Å². The van der Waals surface area contributed by atoms with Gasteiger partial charge in [-0.3, -0.25) is 4.79 Å². The second kappa shape index (κ2) is 8.44. The zero-order valence-corrected chi connectivity index (χ0v) is 14.5. The summed E-state index contributed by atoms with van der Waals surface area (Å²) in [4.78, 5) is 11.2. The van der Waals surface area contributed by atoms with Crippen molar-refractivity contribution in [2.75, 3.05) is 25.2 Å². The number of hydrogen-bond donors (Lipinski definition) is 1. The molecule has 118 valence electrons. The minimum Gasteiger partial charge on any atom is -0.468 e. The van der Waals surface area contributed by atoms with Crippen LogP contribution in [0.4, 0.5) is 0 Å². The molecule has 1 aromatic rings. The van der Waals surface area contributed by atoms with E-state index >= 15 is 0 Å². The maximum absolute atomic E-state index is 11.2. The highest BCUT2D eigenvalue weighted by molar-refractivity contribution is 7.99. The number of methoxy groups -OCH3 is 1. The van der Waals surface area contributed by atoms with Gasteiger partial charge in [0.1, 0.15) is 0 Å². The van der Waals surface area contributed by atoms with Crippen LogP contribution in [0.15, 0.2) is 24.3 Å². The zero-order chi connectivity index (χ0) is 15.9. The molecule has 1 N–H and O–H groups in total. The van der Waals surface area contributed by atoms with Crippen molar-refractivity contribution in [2.45, 2.75) is 39.2 Å². The average molecular weight is 309 g/mol. The molecule has 3 nitrogen and oxygen atoms in total. The minimum atomic E-state index is -0.168. The Hall–Kier alpha value is -1.00. The van der Waals surface area contributed by atoms with Crippen LogP contribution in [0.3, 0.4) is 0 Å². The molecule has 0 fully saturated rings. The van der Waals surface area contributed by atoms with Crippen molar-refractivity contribution in [3.05, 3.63) is 35.4 Å². The highest BCUT2D eigenvalue weighted by Gasteiger charge is 2.15. The summed E-state index contributed by atoms with van der Waals surface area (Å²) >= 11 is 1.60. The Balaban J connectivity index is 2.69. The maximum atomic E-state index is 11.2. The summed E-state index contributed by atoms with van der Waals surface area (Å²) < 4.78 is 4.67. The van der Waals surface area contributed by atoms with Gasteiger partial charge in [-0.2, -0.15) is 0 Å². The lowest BCUT2D eigenvalue weighted by atomic mass is 9.86. The van der Waals surface area contributed by atoms with Gasteiger partial charge in [0, 0.05) is 11.8 Å². The lowest BCUT2D eigenvalue weighted by Gasteiger charge is -2.22. The molecule has 4 heteroatoms. The first-order valence-electron chi connectivity index (χ1n) is 7.37. The van der Waals surface area contributed by atoms with E-state index in [-0.39, 0.29) is 17.4 Å². The second-order valence-corrected chi connectivity index (χ2v) is 7.10. The largest absolute Gasteiger partial charge is 0.468 e. The molecule has 21 heavy (non-hydrogen) atoms. The smallest absolute Gasteiger partial charge is 0.315 e. The van der Waals surface area contributed by atoms with E-state index in [0.717, 1.165) is 12.3 Å². The Labute approximate surface area is 132 Å². The van der Waals surface area contributed by atoms with Crippen molar-refractivity contribution >= 4 is 17.7 Å². The standard InChI is InChI=1S/C17H27NO2S/c1-6-18-15(11-21-12-16(19)20-5)13-7-9-14(10-8-13)17(2,3)4/h7-10,15,18H,6,11-12H2,1-5H3. The van der Waals surface area contributed by atoms with Crippen LogP contribution in [-0.2, 0) is 14.9 Å². The Kier molecular flexibility index (Phi) is 7.26. The summed E-state index contributed by atoms with van der Waals surface area (Å²) in [6.07, 6.45) is 0. The van der Waals surface area contributed by atoms with Crippen LogP contribution in [0.5, 0.6) is 0 Å². The Morgan fingerprint density at radius 1 is 1.29 bits per heavy atom. The summed E-state index contributed by atoms with van der Waals surface area (Å²) in [7, 11) is 1.43. The fourth-order valence-electron chi connectivity index (χ4n) is 2.05. The van der Waals surface area contributed by atoms with Crippen molar-refractivity contribution in [3.8, 4) is 0 Å². The SMILES string of the molecule is CCNC(CSCC(=O)OC)c1ccc(C(C)(C)C)cc1. The van der Waals surface area contributed by atoms with Gasteiger partial charge in [0.05, 0.1) is 12.9 Å². The lowest BCUT2D eigenvalue weighted by Crippen LogP contribution is -2.23. The monoisotopic (exact) mass is 309 g/mol. The fourth-order valence-corrected chi connectivity index (χ4v) is 3.00. The Bertz CT molecular complexity index is 437. The molecule has 0 bridgehead atoms. The van der Waals surface area contributed by atoms with Crippen LogP contribution >= 0.6 is 11.8 Å². The van der Waals surface area contributed by atoms with Crippen LogP contribution in [0.25, 0.3) is 0 Å². The number of nitrogens with one attached hydrogen (secondary N) is 1. The van der Waals surface area contributed by atoms with E-state index in [1.165, 1.54) is 18.2 Å². The molecule has 0 aromatic heterocycles. The molecule has 0 spiro atoms. The third-order valence-corrected chi connectivity index (χ3v) is 4.37. The number of esters is 1. The zero-order valence-electron chi connectivity index (χ0n) is 13.7. The van der Waals surface area contributed by atoms with Crippen molar-refractivity contribution in [1.82, 2.24) is 5.32 Å². The van der Waals surface area contributed by atoms with E-state index < -0.39 is 0 Å². The quantitative estimate of drug-likeness (QED) is 0.782. The summed E-state index contributed by atoms with van der Waals surface area (Å²) in [5.74, 6) is 1.09. The molecule has 0 saturated heterocycles. The molecule has 0 aliphatic heterocycles. The number of carbonyl (C=O) groups excluding carboxylic acids is 1. The molecule has 0 radical (unpaired) electrons. The van der Waals surface area contributed by atoms with E-state index in [1.54, 1.807) is 11.8 Å². The Morgan fingerprint density at radius 3 is 2.38 bits per heavy atom. The maximum Gasteiger partial charge on any atom is 0.315 e. The highest BCUT2D eigenvalue weighted by Crippen LogP contribution is 2.25. The molecule has 0 amide bonds. The van der Waals surface area contributed by atoms with Crippen LogP contribution < -0.4 is 5.32 Å². The van der Waals surface area contributed by atoms with Crippen LogP contribution in [0.1, 0.15) is 44.9 Å². The topological polar surface area (TPSA) is 38.3 Å². The number of carbonyl (C=O) groups is 1. The molecule has 1 rings (SSSR count). The van der Waals surface area contributed by atoms with Crippen molar-refractivity contribution in [3.63, 3.8) is 0 Å². The molecule has 0 aliphatic rings.